The minimum Gasteiger partial charge on any atom is -0.374 e. The van der Waals surface area contributed by atoms with E-state index in [0.717, 1.165) is 29.2 Å². The van der Waals surface area contributed by atoms with E-state index in [1.54, 1.807) is 11.3 Å². The van der Waals surface area contributed by atoms with Crippen molar-refractivity contribution >= 4 is 17.0 Å². The first kappa shape index (κ1) is 13.5. The van der Waals surface area contributed by atoms with Crippen LogP contribution in [0.3, 0.4) is 0 Å². The lowest BCUT2D eigenvalue weighted by molar-refractivity contribution is 0.745. The van der Waals surface area contributed by atoms with Gasteiger partial charge in [0.05, 0.1) is 5.69 Å². The standard InChI is InChI=1S/C18H17N3S/c1-21-10-2-3-15-11-14(4-5-17(15)21)16-12-22-18(20-16)13-6-8-19-9-7-13/h4-9,11-12H,2-3,10H2,1H3. The van der Waals surface area contributed by atoms with Gasteiger partial charge in [0.2, 0.25) is 0 Å². The molecule has 110 valence electrons. The number of anilines is 1. The molecule has 4 rings (SSSR count). The zero-order valence-electron chi connectivity index (χ0n) is 12.5. The first-order valence-electron chi connectivity index (χ1n) is 7.51. The molecule has 1 aromatic carbocycles. The number of hydrogen-bond acceptors (Lipinski definition) is 4. The molecule has 1 aliphatic rings. The van der Waals surface area contributed by atoms with Crippen LogP contribution in [-0.2, 0) is 6.42 Å². The van der Waals surface area contributed by atoms with Gasteiger partial charge in [-0.3, -0.25) is 4.98 Å². The smallest absolute Gasteiger partial charge is 0.124 e. The first-order chi connectivity index (χ1) is 10.8. The normalized spacial score (nSPS) is 14.0. The summed E-state index contributed by atoms with van der Waals surface area (Å²) in [7, 11) is 2.17. The summed E-state index contributed by atoms with van der Waals surface area (Å²) in [5, 5.41) is 3.19. The number of thiazole rings is 1. The largest absolute Gasteiger partial charge is 0.374 e. The third kappa shape index (κ3) is 2.40. The lowest BCUT2D eigenvalue weighted by Gasteiger charge is -2.27. The van der Waals surface area contributed by atoms with E-state index in [-0.39, 0.29) is 0 Å². The summed E-state index contributed by atoms with van der Waals surface area (Å²) in [4.78, 5) is 11.2. The molecular weight excluding hydrogens is 290 g/mol. The van der Waals surface area contributed by atoms with Gasteiger partial charge in [-0.15, -0.1) is 11.3 Å². The highest BCUT2D eigenvalue weighted by Gasteiger charge is 2.15. The van der Waals surface area contributed by atoms with E-state index < -0.39 is 0 Å². The molecule has 0 unspecified atom stereocenters. The Hall–Kier alpha value is -2.20. The van der Waals surface area contributed by atoms with E-state index in [1.807, 2.05) is 24.5 Å². The minimum atomic E-state index is 1.05. The molecule has 4 heteroatoms. The van der Waals surface area contributed by atoms with Crippen molar-refractivity contribution in [2.75, 3.05) is 18.5 Å². The minimum absolute atomic E-state index is 1.05. The average molecular weight is 307 g/mol. The van der Waals surface area contributed by atoms with Crippen molar-refractivity contribution in [3.8, 4) is 21.8 Å². The fourth-order valence-corrected chi connectivity index (χ4v) is 3.81. The lowest BCUT2D eigenvalue weighted by Crippen LogP contribution is -2.24. The molecule has 0 aliphatic carbocycles. The maximum absolute atomic E-state index is 4.80. The molecule has 0 saturated carbocycles. The van der Waals surface area contributed by atoms with Gasteiger partial charge in [-0.05, 0) is 42.7 Å². The molecule has 1 aliphatic heterocycles. The van der Waals surface area contributed by atoms with Gasteiger partial charge in [0.1, 0.15) is 5.01 Å². The lowest BCUT2D eigenvalue weighted by atomic mass is 9.99. The van der Waals surface area contributed by atoms with Crippen LogP contribution in [0.1, 0.15) is 12.0 Å². The number of hydrogen-bond donors (Lipinski definition) is 0. The molecule has 3 aromatic rings. The highest BCUT2D eigenvalue weighted by molar-refractivity contribution is 7.13. The number of aryl methyl sites for hydroxylation is 1. The Morgan fingerprint density at radius 1 is 1.09 bits per heavy atom. The van der Waals surface area contributed by atoms with Crippen LogP contribution in [0.5, 0.6) is 0 Å². The summed E-state index contributed by atoms with van der Waals surface area (Å²) >= 11 is 1.69. The van der Waals surface area contributed by atoms with Crippen LogP contribution in [-0.4, -0.2) is 23.6 Å². The number of fused-ring (bicyclic) bond motifs is 1. The molecule has 0 N–H and O–H groups in total. The molecule has 0 bridgehead atoms. The van der Waals surface area contributed by atoms with E-state index in [1.165, 1.54) is 23.2 Å². The Kier molecular flexibility index (Phi) is 3.39. The van der Waals surface area contributed by atoms with Gasteiger partial charge < -0.3 is 4.90 Å². The fraction of sp³-hybridized carbons (Fsp3) is 0.222. The second kappa shape index (κ2) is 5.54. The summed E-state index contributed by atoms with van der Waals surface area (Å²) in [5.74, 6) is 0. The number of benzene rings is 1. The maximum atomic E-state index is 4.80. The summed E-state index contributed by atoms with van der Waals surface area (Å²) in [5.41, 5.74) is 6.20. The molecule has 0 amide bonds. The Labute approximate surface area is 134 Å². The van der Waals surface area contributed by atoms with Crippen molar-refractivity contribution < 1.29 is 0 Å². The van der Waals surface area contributed by atoms with Gasteiger partial charge in [-0.2, -0.15) is 0 Å². The number of aromatic nitrogens is 2. The monoisotopic (exact) mass is 307 g/mol. The van der Waals surface area contributed by atoms with Crippen LogP contribution >= 0.6 is 11.3 Å². The summed E-state index contributed by atoms with van der Waals surface area (Å²) in [6, 6.07) is 10.7. The summed E-state index contributed by atoms with van der Waals surface area (Å²) < 4.78 is 0. The van der Waals surface area contributed by atoms with E-state index in [2.05, 4.69) is 40.5 Å². The van der Waals surface area contributed by atoms with Gasteiger partial charge in [0.15, 0.2) is 0 Å². The third-order valence-electron chi connectivity index (χ3n) is 4.16. The Balaban J connectivity index is 1.70. The first-order valence-corrected chi connectivity index (χ1v) is 8.39. The SMILES string of the molecule is CN1CCCc2cc(-c3csc(-c4ccncc4)n3)ccc21. The quantitative estimate of drug-likeness (QED) is 0.708. The molecule has 0 atom stereocenters. The van der Waals surface area contributed by atoms with Crippen molar-refractivity contribution in [3.05, 3.63) is 53.7 Å². The van der Waals surface area contributed by atoms with Crippen molar-refractivity contribution in [1.82, 2.24) is 9.97 Å². The number of rotatable bonds is 2. The molecule has 0 spiro atoms. The second-order valence-electron chi connectivity index (χ2n) is 5.64. The van der Waals surface area contributed by atoms with Crippen LogP contribution in [0.4, 0.5) is 5.69 Å². The van der Waals surface area contributed by atoms with E-state index in [9.17, 15) is 0 Å². The van der Waals surface area contributed by atoms with Crippen LogP contribution in [0.25, 0.3) is 21.8 Å². The number of pyridine rings is 1. The Morgan fingerprint density at radius 2 is 1.95 bits per heavy atom. The van der Waals surface area contributed by atoms with Crippen molar-refractivity contribution in [2.45, 2.75) is 12.8 Å². The van der Waals surface area contributed by atoms with Crippen molar-refractivity contribution in [1.29, 1.82) is 0 Å². The topological polar surface area (TPSA) is 29.0 Å². The van der Waals surface area contributed by atoms with E-state index in [4.69, 9.17) is 4.98 Å². The molecule has 0 saturated heterocycles. The van der Waals surface area contributed by atoms with Gasteiger partial charge in [0.25, 0.3) is 0 Å². The predicted molar refractivity (Wildman–Crippen MR) is 92.4 cm³/mol. The molecule has 0 fully saturated rings. The highest BCUT2D eigenvalue weighted by Crippen LogP contribution is 2.33. The molecule has 0 radical (unpaired) electrons. The van der Waals surface area contributed by atoms with Crippen molar-refractivity contribution in [3.63, 3.8) is 0 Å². The highest BCUT2D eigenvalue weighted by atomic mass is 32.1. The van der Waals surface area contributed by atoms with Crippen molar-refractivity contribution in [2.24, 2.45) is 0 Å². The zero-order chi connectivity index (χ0) is 14.9. The van der Waals surface area contributed by atoms with Crippen LogP contribution in [0.2, 0.25) is 0 Å². The fourth-order valence-electron chi connectivity index (χ4n) is 2.98. The van der Waals surface area contributed by atoms with Crippen LogP contribution in [0, 0.1) is 0 Å². The van der Waals surface area contributed by atoms with Crippen LogP contribution < -0.4 is 4.90 Å². The van der Waals surface area contributed by atoms with Gasteiger partial charge in [-0.1, -0.05) is 6.07 Å². The molecule has 3 heterocycles. The molecule has 2 aromatic heterocycles. The average Bonchev–Trinajstić information content (AvgIpc) is 3.06. The Bertz CT molecular complexity index is 795. The molecule has 22 heavy (non-hydrogen) atoms. The van der Waals surface area contributed by atoms with Gasteiger partial charge >= 0.3 is 0 Å². The molecule has 3 nitrogen and oxygen atoms in total. The number of nitrogens with zero attached hydrogens (tertiary/aromatic N) is 3. The van der Waals surface area contributed by atoms with Crippen LogP contribution in [0.15, 0.2) is 48.1 Å². The second-order valence-corrected chi connectivity index (χ2v) is 6.50. The zero-order valence-corrected chi connectivity index (χ0v) is 13.3. The third-order valence-corrected chi connectivity index (χ3v) is 5.05. The van der Waals surface area contributed by atoms with Gasteiger partial charge in [0, 0.05) is 48.2 Å². The van der Waals surface area contributed by atoms with E-state index in [0.29, 0.717) is 0 Å². The van der Waals surface area contributed by atoms with E-state index >= 15 is 0 Å². The predicted octanol–water partition coefficient (Wildman–Crippen LogP) is 4.25. The van der Waals surface area contributed by atoms with Gasteiger partial charge in [-0.25, -0.2) is 4.98 Å². The Morgan fingerprint density at radius 3 is 2.82 bits per heavy atom. The molecular formula is C18H17N3S. The summed E-state index contributed by atoms with van der Waals surface area (Å²) in [6.45, 7) is 1.15. The maximum Gasteiger partial charge on any atom is 0.124 e. The summed E-state index contributed by atoms with van der Waals surface area (Å²) in [6.07, 6.45) is 6.01.